The smallest absolute Gasteiger partial charge is 0.156 e. The van der Waals surface area contributed by atoms with Crippen LogP contribution in [0, 0.1) is 40.9 Å². The lowest BCUT2D eigenvalue weighted by Gasteiger charge is -2.58. The van der Waals surface area contributed by atoms with E-state index in [-0.39, 0.29) is 23.2 Å². The van der Waals surface area contributed by atoms with Gasteiger partial charge < -0.3 is 9.67 Å². The summed E-state index contributed by atoms with van der Waals surface area (Å²) in [5.74, 6) is 2.42. The number of hydrogen-bond acceptors (Lipinski definition) is 3. The van der Waals surface area contributed by atoms with E-state index in [1.54, 1.807) is 20.2 Å². The minimum Gasteiger partial charge on any atom is -0.386 e. The van der Waals surface area contributed by atoms with E-state index in [0.717, 1.165) is 74.4 Å². The fourth-order valence-electron chi connectivity index (χ4n) is 9.37. The van der Waals surface area contributed by atoms with E-state index in [9.17, 15) is 9.90 Å². The Labute approximate surface area is 215 Å². The number of benzene rings is 1. The Hall–Kier alpha value is -1.75. The quantitative estimate of drug-likeness (QED) is 0.507. The van der Waals surface area contributed by atoms with Gasteiger partial charge in [-0.05, 0) is 124 Å². The molecular weight excluding hydrogens is 451 g/mol. The summed E-state index contributed by atoms with van der Waals surface area (Å²) in [6, 6.07) is 5.81. The maximum absolute atomic E-state index is 16.6. The van der Waals surface area contributed by atoms with Gasteiger partial charge in [0.05, 0.1) is 29.5 Å². The van der Waals surface area contributed by atoms with Crippen molar-refractivity contribution >= 4 is 16.8 Å². The Kier molecular flexibility index (Phi) is 5.72. The average molecular weight is 495 g/mol. The molecule has 4 aliphatic rings. The molecule has 0 bridgehead atoms. The molecular formula is C31H43FN2O2. The zero-order valence-electron chi connectivity index (χ0n) is 22.5. The number of halogens is 1. The molecule has 196 valence electrons. The van der Waals surface area contributed by atoms with Gasteiger partial charge in [0.25, 0.3) is 0 Å². The molecule has 1 aromatic carbocycles. The van der Waals surface area contributed by atoms with Crippen molar-refractivity contribution < 1.29 is 14.3 Å². The summed E-state index contributed by atoms with van der Waals surface area (Å²) < 4.78 is 18.5. The van der Waals surface area contributed by atoms with Crippen molar-refractivity contribution in [3.63, 3.8) is 0 Å². The van der Waals surface area contributed by atoms with E-state index in [1.807, 2.05) is 22.8 Å². The normalized spacial score (nSPS) is 40.5. The van der Waals surface area contributed by atoms with Crippen molar-refractivity contribution in [3.8, 4) is 0 Å². The van der Waals surface area contributed by atoms with Crippen molar-refractivity contribution in [2.45, 2.75) is 103 Å². The summed E-state index contributed by atoms with van der Waals surface area (Å²) in [6.07, 6.45) is 10.8. The van der Waals surface area contributed by atoms with Crippen LogP contribution >= 0.6 is 0 Å². The van der Waals surface area contributed by atoms with Gasteiger partial charge in [-0.15, -0.1) is 0 Å². The van der Waals surface area contributed by atoms with Crippen LogP contribution in [0.4, 0.5) is 4.39 Å². The number of fused-ring (bicyclic) bond motifs is 6. The van der Waals surface area contributed by atoms with E-state index in [1.165, 1.54) is 0 Å². The number of rotatable bonds is 4. The zero-order valence-corrected chi connectivity index (χ0v) is 22.5. The summed E-state index contributed by atoms with van der Waals surface area (Å²) in [6.45, 7) is 8.53. The second-order valence-electron chi connectivity index (χ2n) is 13.7. The number of alkyl halides is 1. The van der Waals surface area contributed by atoms with Crippen LogP contribution in [0.2, 0.25) is 0 Å². The number of Topliss-reactive ketones (excluding diaryl/α,β-unsaturated/α-hetero) is 1. The van der Waals surface area contributed by atoms with Gasteiger partial charge in [0.1, 0.15) is 5.67 Å². The summed E-state index contributed by atoms with van der Waals surface area (Å²) in [7, 11) is 0. The molecule has 4 aliphatic carbocycles. The molecule has 4 saturated carbocycles. The Morgan fingerprint density at radius 2 is 1.94 bits per heavy atom. The highest BCUT2D eigenvalue weighted by Gasteiger charge is 2.62. The second-order valence-corrected chi connectivity index (χ2v) is 13.7. The minimum absolute atomic E-state index is 0.00608. The van der Waals surface area contributed by atoms with Crippen molar-refractivity contribution in [1.29, 1.82) is 0 Å². The average Bonchev–Trinajstić information content (AvgIpc) is 3.39. The first kappa shape index (κ1) is 24.6. The Balaban J connectivity index is 1.20. The Bertz CT molecular complexity index is 1170. The summed E-state index contributed by atoms with van der Waals surface area (Å²) >= 11 is 0. The van der Waals surface area contributed by atoms with Crippen molar-refractivity contribution in [2.24, 2.45) is 40.9 Å². The zero-order chi connectivity index (χ0) is 25.5. The standard InChI is InChI=1S/C31H43FN2O2/c1-19-11-14-31(32)21(15-19)5-7-22-23-8-9-25(30(23,4)13-12-24(22)31)28(35)17-34-18-33-26-16-20(29(2,3)36)6-10-27(26)34/h6,10,16,18-19,21-25,36H,5,7-9,11-15,17H2,1-4H3/t19-,21+,22-,23?,24?,25+,30-,31?/m0/s1. The van der Waals surface area contributed by atoms with Crippen LogP contribution in [0.1, 0.15) is 91.0 Å². The Morgan fingerprint density at radius 3 is 2.72 bits per heavy atom. The number of ketones is 1. The molecule has 6 rings (SSSR count). The van der Waals surface area contributed by atoms with Gasteiger partial charge >= 0.3 is 0 Å². The minimum atomic E-state index is -0.962. The van der Waals surface area contributed by atoms with E-state index >= 15 is 4.39 Å². The number of hydrogen-bond donors (Lipinski definition) is 1. The van der Waals surface area contributed by atoms with Gasteiger partial charge in [-0.2, -0.15) is 0 Å². The highest BCUT2D eigenvalue weighted by Crippen LogP contribution is 2.66. The molecule has 0 amide bonds. The molecule has 0 aliphatic heterocycles. The van der Waals surface area contributed by atoms with Crippen LogP contribution in [0.5, 0.6) is 0 Å². The first-order valence-electron chi connectivity index (χ1n) is 14.4. The van der Waals surface area contributed by atoms with Gasteiger partial charge in [-0.1, -0.05) is 19.9 Å². The predicted octanol–water partition coefficient (Wildman–Crippen LogP) is 6.83. The molecule has 2 aromatic rings. The highest BCUT2D eigenvalue weighted by molar-refractivity contribution is 5.84. The van der Waals surface area contributed by atoms with Crippen LogP contribution in [0.3, 0.4) is 0 Å². The number of aliphatic hydroxyl groups is 1. The Morgan fingerprint density at radius 1 is 1.14 bits per heavy atom. The van der Waals surface area contributed by atoms with Crippen LogP contribution in [-0.2, 0) is 16.9 Å². The predicted molar refractivity (Wildman–Crippen MR) is 140 cm³/mol. The fourth-order valence-corrected chi connectivity index (χ4v) is 9.37. The van der Waals surface area contributed by atoms with E-state index < -0.39 is 11.3 Å². The topological polar surface area (TPSA) is 55.1 Å². The third kappa shape index (κ3) is 3.70. The lowest BCUT2D eigenvalue weighted by Crippen LogP contribution is -2.56. The van der Waals surface area contributed by atoms with E-state index in [0.29, 0.717) is 30.1 Å². The molecule has 4 nitrogen and oxygen atoms in total. The highest BCUT2D eigenvalue weighted by atomic mass is 19.1. The maximum atomic E-state index is 16.6. The molecule has 1 N–H and O–H groups in total. The lowest BCUT2D eigenvalue weighted by atomic mass is 9.48. The molecule has 4 fully saturated rings. The number of aromatic nitrogens is 2. The molecule has 36 heavy (non-hydrogen) atoms. The first-order valence-corrected chi connectivity index (χ1v) is 14.4. The summed E-state index contributed by atoms with van der Waals surface area (Å²) in [4.78, 5) is 18.3. The summed E-state index contributed by atoms with van der Waals surface area (Å²) in [5, 5.41) is 10.3. The molecule has 1 heterocycles. The lowest BCUT2D eigenvalue weighted by molar-refractivity contribution is -0.146. The summed E-state index contributed by atoms with van der Waals surface area (Å²) in [5.41, 5.74) is 0.675. The molecule has 0 radical (unpaired) electrons. The third-order valence-electron chi connectivity index (χ3n) is 11.3. The number of carbonyl (C=O) groups is 1. The largest absolute Gasteiger partial charge is 0.386 e. The van der Waals surface area contributed by atoms with Crippen LogP contribution < -0.4 is 0 Å². The van der Waals surface area contributed by atoms with Gasteiger partial charge in [0, 0.05) is 5.92 Å². The van der Waals surface area contributed by atoms with Crippen molar-refractivity contribution in [1.82, 2.24) is 9.55 Å². The molecule has 8 atom stereocenters. The number of imidazole rings is 1. The second kappa shape index (κ2) is 8.38. The van der Waals surface area contributed by atoms with E-state index in [4.69, 9.17) is 0 Å². The van der Waals surface area contributed by atoms with Gasteiger partial charge in [-0.3, -0.25) is 4.79 Å². The molecule has 1 aromatic heterocycles. The van der Waals surface area contributed by atoms with Crippen LogP contribution in [0.15, 0.2) is 24.5 Å². The van der Waals surface area contributed by atoms with Crippen molar-refractivity contribution in [3.05, 3.63) is 30.1 Å². The van der Waals surface area contributed by atoms with Crippen LogP contribution in [0.25, 0.3) is 11.0 Å². The van der Waals surface area contributed by atoms with E-state index in [2.05, 4.69) is 18.8 Å². The number of nitrogens with zero attached hydrogens (tertiary/aromatic N) is 2. The van der Waals surface area contributed by atoms with Crippen LogP contribution in [-0.4, -0.2) is 26.1 Å². The maximum Gasteiger partial charge on any atom is 0.156 e. The monoisotopic (exact) mass is 494 g/mol. The molecule has 5 heteroatoms. The van der Waals surface area contributed by atoms with Gasteiger partial charge in [0.15, 0.2) is 5.78 Å². The molecule has 3 unspecified atom stereocenters. The fraction of sp³-hybridized carbons (Fsp3) is 0.742. The first-order chi connectivity index (χ1) is 17.0. The van der Waals surface area contributed by atoms with Crippen molar-refractivity contribution in [2.75, 3.05) is 0 Å². The molecule has 0 spiro atoms. The van der Waals surface area contributed by atoms with Gasteiger partial charge in [-0.25, -0.2) is 9.37 Å². The number of carbonyl (C=O) groups excluding carboxylic acids is 1. The SMILES string of the molecule is C[C@H]1CCC2(F)C3CC[C@@]4(C)C(CC[C@@H]4C(=O)Cn4cnc5cc(C(C)(C)O)ccc54)[C@@H]3CC[C@@H]2C1. The third-order valence-corrected chi connectivity index (χ3v) is 11.3. The molecule has 0 saturated heterocycles. The van der Waals surface area contributed by atoms with Gasteiger partial charge in [0.2, 0.25) is 0 Å².